The average Bonchev–Trinajstić information content (AvgIpc) is 2.74. The van der Waals surface area contributed by atoms with Crippen LogP contribution in [0.5, 0.6) is 0 Å². The minimum atomic E-state index is -0.960. The van der Waals surface area contributed by atoms with E-state index in [0.29, 0.717) is 12.8 Å². The highest BCUT2D eigenvalue weighted by Gasteiger charge is 2.48. The van der Waals surface area contributed by atoms with Gasteiger partial charge in [0, 0.05) is 11.8 Å². The second-order valence-electron chi connectivity index (χ2n) is 5.41. The normalized spacial score (nSPS) is 22.6. The van der Waals surface area contributed by atoms with E-state index in [0.717, 1.165) is 5.71 Å². The van der Waals surface area contributed by atoms with E-state index >= 15 is 0 Å². The van der Waals surface area contributed by atoms with Crippen molar-refractivity contribution in [3.63, 3.8) is 0 Å². The largest absolute Gasteiger partial charge is 0.449 e. The van der Waals surface area contributed by atoms with E-state index in [1.807, 2.05) is 6.92 Å². The monoisotopic (exact) mass is 251 g/mol. The Labute approximate surface area is 109 Å². The van der Waals surface area contributed by atoms with Crippen molar-refractivity contribution >= 4 is 11.7 Å². The van der Waals surface area contributed by atoms with Gasteiger partial charge in [-0.1, -0.05) is 38.8 Å². The summed E-state index contributed by atoms with van der Waals surface area (Å²) < 4.78 is 5.11. The van der Waals surface area contributed by atoms with Gasteiger partial charge in [-0.3, -0.25) is 0 Å². The summed E-state index contributed by atoms with van der Waals surface area (Å²) in [7, 11) is 0. The van der Waals surface area contributed by atoms with Gasteiger partial charge < -0.3 is 9.57 Å². The maximum Gasteiger partial charge on any atom is 0.354 e. The number of carbonyl (C=O) groups excluding carboxylic acids is 1. The van der Waals surface area contributed by atoms with Crippen molar-refractivity contribution in [2.45, 2.75) is 53.1 Å². The summed E-state index contributed by atoms with van der Waals surface area (Å²) in [5.74, 6) is 5.00. The third kappa shape index (κ3) is 3.04. The van der Waals surface area contributed by atoms with Gasteiger partial charge in [0.05, 0.1) is 5.71 Å². The molecule has 0 N–H and O–H groups in total. The summed E-state index contributed by atoms with van der Waals surface area (Å²) in [6.45, 7) is 9.86. The number of hydrogen-bond acceptors (Lipinski definition) is 4. The van der Waals surface area contributed by atoms with Gasteiger partial charge in [-0.15, -0.1) is 5.92 Å². The molecule has 1 aliphatic heterocycles. The molecule has 0 aromatic rings. The lowest BCUT2D eigenvalue weighted by Gasteiger charge is -2.23. The standard InChI is InChI=1S/C14H21NO3/c1-6-8-9-17-12(16)14(7-2)10-11(15-18-14)13(3,4)5/h7,9-10H2,1-5H3. The first-order valence-corrected chi connectivity index (χ1v) is 6.18. The molecule has 0 saturated heterocycles. The first kappa shape index (κ1) is 14.6. The van der Waals surface area contributed by atoms with E-state index < -0.39 is 5.60 Å². The van der Waals surface area contributed by atoms with E-state index in [-0.39, 0.29) is 18.0 Å². The van der Waals surface area contributed by atoms with Crippen LogP contribution in [-0.4, -0.2) is 23.9 Å². The third-order valence-electron chi connectivity index (χ3n) is 3.04. The molecule has 4 nitrogen and oxygen atoms in total. The van der Waals surface area contributed by atoms with Crippen LogP contribution in [0.25, 0.3) is 0 Å². The molecule has 1 heterocycles. The number of oxime groups is 1. The van der Waals surface area contributed by atoms with Crippen LogP contribution in [0.1, 0.15) is 47.5 Å². The lowest BCUT2D eigenvalue weighted by atomic mass is 9.82. The van der Waals surface area contributed by atoms with Gasteiger partial charge in [-0.05, 0) is 13.3 Å². The topological polar surface area (TPSA) is 47.9 Å². The predicted molar refractivity (Wildman–Crippen MR) is 70.0 cm³/mol. The fourth-order valence-corrected chi connectivity index (χ4v) is 1.63. The molecule has 0 spiro atoms. The van der Waals surface area contributed by atoms with Gasteiger partial charge in [0.15, 0.2) is 6.61 Å². The van der Waals surface area contributed by atoms with Crippen molar-refractivity contribution in [1.82, 2.24) is 0 Å². The van der Waals surface area contributed by atoms with E-state index in [9.17, 15) is 4.79 Å². The summed E-state index contributed by atoms with van der Waals surface area (Å²) >= 11 is 0. The van der Waals surface area contributed by atoms with Gasteiger partial charge in [0.2, 0.25) is 5.60 Å². The Morgan fingerprint density at radius 1 is 1.56 bits per heavy atom. The molecule has 1 aliphatic rings. The zero-order chi connectivity index (χ0) is 13.8. The molecule has 1 rings (SSSR count). The molecule has 0 aromatic carbocycles. The van der Waals surface area contributed by atoms with E-state index in [4.69, 9.17) is 9.57 Å². The van der Waals surface area contributed by atoms with Gasteiger partial charge in [-0.2, -0.15) is 0 Å². The highest BCUT2D eigenvalue weighted by atomic mass is 16.7. The minimum Gasteiger partial charge on any atom is -0.449 e. The van der Waals surface area contributed by atoms with Crippen molar-refractivity contribution in [1.29, 1.82) is 0 Å². The second-order valence-corrected chi connectivity index (χ2v) is 5.41. The molecule has 0 aromatic heterocycles. The molecule has 0 saturated carbocycles. The van der Waals surface area contributed by atoms with Gasteiger partial charge in [0.1, 0.15) is 0 Å². The molecule has 18 heavy (non-hydrogen) atoms. The Kier molecular flexibility index (Phi) is 4.39. The quantitative estimate of drug-likeness (QED) is 0.572. The lowest BCUT2D eigenvalue weighted by Crippen LogP contribution is -2.41. The maximum absolute atomic E-state index is 12.1. The Morgan fingerprint density at radius 2 is 2.22 bits per heavy atom. The Hall–Kier alpha value is -1.50. The summed E-state index contributed by atoms with van der Waals surface area (Å²) in [5.41, 5.74) is -0.166. The Morgan fingerprint density at radius 3 is 2.67 bits per heavy atom. The molecule has 1 unspecified atom stereocenters. The van der Waals surface area contributed by atoms with Crippen molar-refractivity contribution in [3.05, 3.63) is 0 Å². The average molecular weight is 251 g/mol. The molecule has 0 fully saturated rings. The number of carbonyl (C=O) groups is 1. The predicted octanol–water partition coefficient (Wildman–Crippen LogP) is 2.52. The van der Waals surface area contributed by atoms with Crippen molar-refractivity contribution in [2.24, 2.45) is 10.6 Å². The lowest BCUT2D eigenvalue weighted by molar-refractivity contribution is -0.168. The van der Waals surface area contributed by atoms with Crippen LogP contribution in [0.4, 0.5) is 0 Å². The van der Waals surface area contributed by atoms with E-state index in [1.165, 1.54) is 0 Å². The molecule has 0 amide bonds. The highest BCUT2D eigenvalue weighted by molar-refractivity contribution is 5.96. The molecule has 0 radical (unpaired) electrons. The summed E-state index contributed by atoms with van der Waals surface area (Å²) in [4.78, 5) is 17.4. The maximum atomic E-state index is 12.1. The van der Waals surface area contributed by atoms with Gasteiger partial charge >= 0.3 is 5.97 Å². The molecule has 100 valence electrons. The molecular formula is C14H21NO3. The van der Waals surface area contributed by atoms with Crippen LogP contribution in [0.2, 0.25) is 0 Å². The van der Waals surface area contributed by atoms with E-state index in [1.54, 1.807) is 6.92 Å². The zero-order valence-corrected chi connectivity index (χ0v) is 11.8. The summed E-state index contributed by atoms with van der Waals surface area (Å²) in [6.07, 6.45) is 1.03. The third-order valence-corrected chi connectivity index (χ3v) is 3.04. The van der Waals surface area contributed by atoms with Crippen LogP contribution in [0, 0.1) is 17.3 Å². The first-order valence-electron chi connectivity index (χ1n) is 6.18. The molecule has 0 bridgehead atoms. The summed E-state index contributed by atoms with van der Waals surface area (Å²) in [6, 6.07) is 0. The SMILES string of the molecule is CC#CCOC(=O)C1(CC)CC(C(C)(C)C)=NO1. The second kappa shape index (κ2) is 5.43. The van der Waals surface area contributed by atoms with E-state index in [2.05, 4.69) is 37.8 Å². The Balaban J connectivity index is 2.73. The molecular weight excluding hydrogens is 230 g/mol. The van der Waals surface area contributed by atoms with Crippen LogP contribution in [-0.2, 0) is 14.4 Å². The fraction of sp³-hybridized carbons (Fsp3) is 0.714. The number of rotatable bonds is 3. The number of esters is 1. The first-order chi connectivity index (χ1) is 8.35. The zero-order valence-electron chi connectivity index (χ0n) is 11.8. The fourth-order valence-electron chi connectivity index (χ4n) is 1.63. The number of ether oxygens (including phenoxy) is 1. The molecule has 0 aliphatic carbocycles. The van der Waals surface area contributed by atoms with Crippen LogP contribution >= 0.6 is 0 Å². The summed E-state index contributed by atoms with van der Waals surface area (Å²) in [5, 5.41) is 4.06. The van der Waals surface area contributed by atoms with Crippen molar-refractivity contribution in [2.75, 3.05) is 6.61 Å². The number of nitrogens with zero attached hydrogens (tertiary/aromatic N) is 1. The molecule has 1 atom stereocenters. The van der Waals surface area contributed by atoms with Crippen LogP contribution < -0.4 is 0 Å². The van der Waals surface area contributed by atoms with Gasteiger partial charge in [-0.25, -0.2) is 4.79 Å². The van der Waals surface area contributed by atoms with Crippen LogP contribution in [0.3, 0.4) is 0 Å². The smallest absolute Gasteiger partial charge is 0.354 e. The molecule has 4 heteroatoms. The highest BCUT2D eigenvalue weighted by Crippen LogP contribution is 2.35. The Bertz CT molecular complexity index is 409. The van der Waals surface area contributed by atoms with Gasteiger partial charge in [0.25, 0.3) is 0 Å². The number of hydrogen-bond donors (Lipinski definition) is 0. The minimum absolute atomic E-state index is 0.0968. The van der Waals surface area contributed by atoms with Crippen molar-refractivity contribution in [3.8, 4) is 11.8 Å². The van der Waals surface area contributed by atoms with Crippen LogP contribution in [0.15, 0.2) is 5.16 Å². The van der Waals surface area contributed by atoms with Crippen molar-refractivity contribution < 1.29 is 14.4 Å².